The lowest BCUT2D eigenvalue weighted by Gasteiger charge is -2.30. The molecular weight excluding hydrogens is 374 g/mol. The molecule has 0 nitrogen and oxygen atoms in total. The van der Waals surface area contributed by atoms with E-state index >= 15 is 0 Å². The molecule has 0 aliphatic heterocycles. The summed E-state index contributed by atoms with van der Waals surface area (Å²) >= 11 is 15.7. The van der Waals surface area contributed by atoms with Crippen LogP contribution in [0.4, 0.5) is 4.39 Å². The molecule has 0 aliphatic carbocycles. The number of aryl methyl sites for hydroxylation is 1. The molecule has 0 aromatic heterocycles. The van der Waals surface area contributed by atoms with Gasteiger partial charge in [-0.2, -0.15) is 0 Å². The minimum atomic E-state index is -0.353. The molecule has 0 amide bonds. The highest BCUT2D eigenvalue weighted by molar-refractivity contribution is 9.10. The highest BCUT2D eigenvalue weighted by Gasteiger charge is 2.31. The van der Waals surface area contributed by atoms with Gasteiger partial charge in [0.1, 0.15) is 5.82 Å². The van der Waals surface area contributed by atoms with E-state index in [1.807, 2.05) is 6.92 Å². The fraction of sp³-hybridized carbons (Fsp3) is 0.294. The van der Waals surface area contributed by atoms with E-state index in [0.29, 0.717) is 22.7 Å². The smallest absolute Gasteiger partial charge is 0.137 e. The molecule has 0 unspecified atom stereocenters. The number of hydrogen-bond acceptors (Lipinski definition) is 0. The normalized spacial score (nSPS) is 11.7. The first-order chi connectivity index (χ1) is 10.0. The molecule has 0 spiro atoms. The average molecular weight is 390 g/mol. The number of benzene rings is 2. The van der Waals surface area contributed by atoms with Crippen LogP contribution in [0, 0.1) is 12.7 Å². The van der Waals surface area contributed by atoms with E-state index in [-0.39, 0.29) is 11.2 Å². The van der Waals surface area contributed by atoms with Gasteiger partial charge in [-0.25, -0.2) is 4.39 Å². The Morgan fingerprint density at radius 3 is 2.19 bits per heavy atom. The maximum absolute atomic E-state index is 13.4. The summed E-state index contributed by atoms with van der Waals surface area (Å²) in [7, 11) is 0. The molecule has 0 fully saturated rings. The van der Waals surface area contributed by atoms with Crippen molar-refractivity contribution < 1.29 is 4.39 Å². The van der Waals surface area contributed by atoms with Crippen LogP contribution in [-0.2, 0) is 11.8 Å². The van der Waals surface area contributed by atoms with Crippen LogP contribution in [0.25, 0.3) is 0 Å². The second-order valence-corrected chi connectivity index (χ2v) is 6.73. The average Bonchev–Trinajstić information content (AvgIpc) is 2.49. The second-order valence-electron chi connectivity index (χ2n) is 5.34. The molecule has 0 radical (unpaired) electrons. The van der Waals surface area contributed by atoms with Gasteiger partial charge in [0.15, 0.2) is 0 Å². The molecule has 0 aliphatic rings. The number of hydrogen-bond donors (Lipinski definition) is 0. The highest BCUT2D eigenvalue weighted by Crippen LogP contribution is 2.33. The first kappa shape index (κ1) is 16.8. The Balaban J connectivity index is 2.37. The first-order valence-electron chi connectivity index (χ1n) is 6.64. The summed E-state index contributed by atoms with van der Waals surface area (Å²) < 4.78 is 13.8. The molecular formula is C17H16BrCl2F. The van der Waals surface area contributed by atoms with E-state index in [1.54, 1.807) is 12.1 Å². The Hall–Kier alpha value is -0.570. The Morgan fingerprint density at radius 1 is 1.05 bits per heavy atom. The standard InChI is InChI=1S/C17H16BrCl2F/c1-12-2-5-14(6-3-12)17(10-19,11-20)9-13-4-7-16(21)15(18)8-13/h2-8H,9-11H2,1H3. The Bertz CT molecular complexity index is 607. The van der Waals surface area contributed by atoms with Crippen LogP contribution in [-0.4, -0.2) is 11.8 Å². The van der Waals surface area contributed by atoms with Crippen molar-refractivity contribution in [1.29, 1.82) is 0 Å². The van der Waals surface area contributed by atoms with Gasteiger partial charge in [0.05, 0.1) is 4.47 Å². The van der Waals surface area contributed by atoms with E-state index in [0.717, 1.165) is 11.1 Å². The van der Waals surface area contributed by atoms with Gasteiger partial charge >= 0.3 is 0 Å². The van der Waals surface area contributed by atoms with Crippen molar-refractivity contribution in [2.75, 3.05) is 11.8 Å². The van der Waals surface area contributed by atoms with Crippen LogP contribution >= 0.6 is 39.1 Å². The van der Waals surface area contributed by atoms with Crippen LogP contribution in [0.1, 0.15) is 16.7 Å². The Kier molecular flexibility index (Phi) is 5.70. The number of halogens is 4. The summed E-state index contributed by atoms with van der Waals surface area (Å²) in [5.74, 6) is 0.555. The Labute approximate surface area is 143 Å². The van der Waals surface area contributed by atoms with Gasteiger partial charge in [-0.05, 0) is 52.5 Å². The van der Waals surface area contributed by atoms with Crippen molar-refractivity contribution in [3.8, 4) is 0 Å². The van der Waals surface area contributed by atoms with Gasteiger partial charge in [0.25, 0.3) is 0 Å². The van der Waals surface area contributed by atoms with E-state index in [9.17, 15) is 4.39 Å². The molecule has 2 aromatic carbocycles. The molecule has 0 N–H and O–H groups in total. The molecule has 0 atom stereocenters. The molecule has 0 bridgehead atoms. The summed E-state index contributed by atoms with van der Waals surface area (Å²) in [5.41, 5.74) is 2.96. The largest absolute Gasteiger partial charge is 0.206 e. The molecule has 0 heterocycles. The fourth-order valence-corrected chi connectivity index (χ4v) is 3.54. The van der Waals surface area contributed by atoms with Crippen molar-refractivity contribution >= 4 is 39.1 Å². The molecule has 0 saturated carbocycles. The van der Waals surface area contributed by atoms with E-state index in [4.69, 9.17) is 23.2 Å². The second kappa shape index (κ2) is 7.13. The lowest BCUT2D eigenvalue weighted by atomic mass is 9.78. The molecule has 4 heteroatoms. The summed E-state index contributed by atoms with van der Waals surface area (Å²) in [4.78, 5) is 0. The van der Waals surface area contributed by atoms with E-state index < -0.39 is 0 Å². The van der Waals surface area contributed by atoms with Crippen LogP contribution in [0.3, 0.4) is 0 Å². The first-order valence-corrected chi connectivity index (χ1v) is 8.50. The van der Waals surface area contributed by atoms with E-state index in [2.05, 4.69) is 40.2 Å². The van der Waals surface area contributed by atoms with Crippen LogP contribution < -0.4 is 0 Å². The zero-order chi connectivity index (χ0) is 15.5. The van der Waals surface area contributed by atoms with Gasteiger partial charge in [-0.3, -0.25) is 0 Å². The molecule has 112 valence electrons. The highest BCUT2D eigenvalue weighted by atomic mass is 79.9. The Morgan fingerprint density at radius 2 is 1.67 bits per heavy atom. The van der Waals surface area contributed by atoms with Gasteiger partial charge < -0.3 is 0 Å². The molecule has 2 rings (SSSR count). The van der Waals surface area contributed by atoms with Gasteiger partial charge in [0, 0.05) is 17.2 Å². The maximum Gasteiger partial charge on any atom is 0.137 e. The minimum Gasteiger partial charge on any atom is -0.206 e. The summed E-state index contributed by atoms with van der Waals surface area (Å²) in [6.07, 6.45) is 0.669. The summed E-state index contributed by atoms with van der Waals surface area (Å²) in [6, 6.07) is 13.3. The summed E-state index contributed by atoms with van der Waals surface area (Å²) in [5, 5.41) is 0. The zero-order valence-electron chi connectivity index (χ0n) is 11.7. The van der Waals surface area contributed by atoms with Crippen molar-refractivity contribution in [3.05, 3.63) is 69.4 Å². The topological polar surface area (TPSA) is 0 Å². The number of alkyl halides is 2. The maximum atomic E-state index is 13.4. The van der Waals surface area contributed by atoms with Gasteiger partial charge in [-0.1, -0.05) is 35.9 Å². The fourth-order valence-electron chi connectivity index (χ4n) is 2.33. The van der Waals surface area contributed by atoms with Crippen molar-refractivity contribution in [2.24, 2.45) is 0 Å². The third-order valence-electron chi connectivity index (χ3n) is 3.70. The van der Waals surface area contributed by atoms with Crippen molar-refractivity contribution in [2.45, 2.75) is 18.8 Å². The van der Waals surface area contributed by atoms with Crippen LogP contribution in [0.15, 0.2) is 46.9 Å². The third-order valence-corrected chi connectivity index (χ3v) is 5.33. The zero-order valence-corrected chi connectivity index (χ0v) is 14.8. The predicted octanol–water partition coefficient (Wildman–Crippen LogP) is 5.85. The number of rotatable bonds is 5. The summed E-state index contributed by atoms with van der Waals surface area (Å²) in [6.45, 7) is 2.05. The minimum absolute atomic E-state index is 0.267. The van der Waals surface area contributed by atoms with Gasteiger partial charge in [-0.15, -0.1) is 23.2 Å². The quantitative estimate of drug-likeness (QED) is 0.562. The third kappa shape index (κ3) is 3.80. The lowest BCUT2D eigenvalue weighted by Crippen LogP contribution is -2.33. The van der Waals surface area contributed by atoms with Gasteiger partial charge in [0.2, 0.25) is 0 Å². The monoisotopic (exact) mass is 388 g/mol. The molecule has 2 aromatic rings. The van der Waals surface area contributed by atoms with E-state index in [1.165, 1.54) is 11.6 Å². The van der Waals surface area contributed by atoms with Crippen molar-refractivity contribution in [3.63, 3.8) is 0 Å². The van der Waals surface area contributed by atoms with Crippen LogP contribution in [0.2, 0.25) is 0 Å². The van der Waals surface area contributed by atoms with Crippen molar-refractivity contribution in [1.82, 2.24) is 0 Å². The molecule has 21 heavy (non-hydrogen) atoms. The van der Waals surface area contributed by atoms with Crippen LogP contribution in [0.5, 0.6) is 0 Å². The SMILES string of the molecule is Cc1ccc(C(CCl)(CCl)Cc2ccc(F)c(Br)c2)cc1. The lowest BCUT2D eigenvalue weighted by molar-refractivity contribution is 0.534. The molecule has 0 saturated heterocycles. The predicted molar refractivity (Wildman–Crippen MR) is 92.1 cm³/mol.